The van der Waals surface area contributed by atoms with E-state index in [1.54, 1.807) is 31.1 Å². The number of sulfonamides is 1. The van der Waals surface area contributed by atoms with E-state index in [1.807, 2.05) is 68.6 Å². The minimum atomic E-state index is -3.47. The van der Waals surface area contributed by atoms with Gasteiger partial charge in [-0.15, -0.1) is 0 Å². The van der Waals surface area contributed by atoms with Gasteiger partial charge in [-0.25, -0.2) is 8.42 Å². The second kappa shape index (κ2) is 10.0. The van der Waals surface area contributed by atoms with Gasteiger partial charge in [-0.1, -0.05) is 56.3 Å². The summed E-state index contributed by atoms with van der Waals surface area (Å²) in [6, 6.07) is 16.3. The van der Waals surface area contributed by atoms with Crippen molar-refractivity contribution in [2.45, 2.75) is 37.8 Å². The van der Waals surface area contributed by atoms with Gasteiger partial charge in [0.25, 0.3) is 5.91 Å². The Morgan fingerprint density at radius 3 is 1.97 bits per heavy atom. The molecule has 2 aromatic carbocycles. The predicted molar refractivity (Wildman–Crippen MR) is 115 cm³/mol. The normalized spacial score (nSPS) is 13.9. The number of amides is 1. The van der Waals surface area contributed by atoms with Crippen molar-refractivity contribution in [3.05, 3.63) is 65.7 Å². The topological polar surface area (TPSA) is 74.3 Å². The first-order chi connectivity index (χ1) is 13.7. The lowest BCUT2D eigenvalue weighted by atomic mass is 10.0. The van der Waals surface area contributed by atoms with E-state index in [4.69, 9.17) is 0 Å². The molecule has 2 aromatic rings. The monoisotopic (exact) mass is 418 g/mol. The fraction of sp³-hybridized carbons (Fsp3) is 0.409. The molecule has 0 bridgehead atoms. The molecule has 6 nitrogen and oxygen atoms in total. The van der Waals surface area contributed by atoms with Crippen LogP contribution in [0.15, 0.2) is 59.5 Å². The van der Waals surface area contributed by atoms with Crippen molar-refractivity contribution in [1.29, 1.82) is 0 Å². The maximum absolute atomic E-state index is 12.7. The van der Waals surface area contributed by atoms with Gasteiger partial charge in [0.15, 0.2) is 6.04 Å². The Labute approximate surface area is 174 Å². The third kappa shape index (κ3) is 5.44. The highest BCUT2D eigenvalue weighted by Gasteiger charge is 2.28. The molecule has 29 heavy (non-hydrogen) atoms. The maximum Gasteiger partial charge on any atom is 0.285 e. The lowest BCUT2D eigenvalue weighted by Crippen LogP contribution is -2.87. The van der Waals surface area contributed by atoms with E-state index in [-0.39, 0.29) is 18.0 Å². The highest BCUT2D eigenvalue weighted by atomic mass is 32.2. The maximum atomic E-state index is 12.7. The van der Waals surface area contributed by atoms with Crippen molar-refractivity contribution < 1.29 is 18.5 Å². The van der Waals surface area contributed by atoms with Crippen LogP contribution >= 0.6 is 0 Å². The van der Waals surface area contributed by atoms with Crippen LogP contribution in [0.2, 0.25) is 0 Å². The average molecular weight is 419 g/mol. The van der Waals surface area contributed by atoms with Crippen LogP contribution in [-0.2, 0) is 14.8 Å². The highest BCUT2D eigenvalue weighted by Crippen LogP contribution is 2.19. The van der Waals surface area contributed by atoms with Crippen LogP contribution in [0.1, 0.15) is 44.0 Å². The SMILES string of the molecule is CCN(CC)S(=O)(=O)c1ccc([C@H](C)[NH2+][C@H](C(=O)N(C)C)c2ccccc2)cc1. The fourth-order valence-corrected chi connectivity index (χ4v) is 4.79. The molecule has 0 aromatic heterocycles. The first kappa shape index (κ1) is 23.1. The molecule has 158 valence electrons. The summed E-state index contributed by atoms with van der Waals surface area (Å²) in [7, 11) is 0.0352. The van der Waals surface area contributed by atoms with Gasteiger partial charge < -0.3 is 10.2 Å². The molecular formula is C22H32N3O3S+. The van der Waals surface area contributed by atoms with Gasteiger partial charge in [-0.2, -0.15) is 4.31 Å². The molecule has 2 atom stereocenters. The predicted octanol–water partition coefficient (Wildman–Crippen LogP) is 2.17. The van der Waals surface area contributed by atoms with Crippen molar-refractivity contribution in [1.82, 2.24) is 9.21 Å². The highest BCUT2D eigenvalue weighted by molar-refractivity contribution is 7.89. The number of nitrogens with zero attached hydrogens (tertiary/aromatic N) is 2. The van der Waals surface area contributed by atoms with Crippen LogP contribution in [0.3, 0.4) is 0 Å². The molecular weight excluding hydrogens is 386 g/mol. The number of nitrogens with two attached hydrogens (primary N) is 1. The third-order valence-electron chi connectivity index (χ3n) is 5.10. The lowest BCUT2D eigenvalue weighted by molar-refractivity contribution is -0.719. The molecule has 2 rings (SSSR count). The van der Waals surface area contributed by atoms with Crippen molar-refractivity contribution in [2.24, 2.45) is 0 Å². The number of carbonyl (C=O) groups excluding carboxylic acids is 1. The minimum Gasteiger partial charge on any atom is -0.343 e. The first-order valence-electron chi connectivity index (χ1n) is 9.93. The lowest BCUT2D eigenvalue weighted by Gasteiger charge is -2.23. The summed E-state index contributed by atoms with van der Waals surface area (Å²) in [4.78, 5) is 14.6. The summed E-state index contributed by atoms with van der Waals surface area (Å²) in [6.07, 6.45) is 0. The van der Waals surface area contributed by atoms with Gasteiger partial charge in [0.2, 0.25) is 10.0 Å². The molecule has 0 aliphatic heterocycles. The molecule has 0 fully saturated rings. The Hall–Kier alpha value is -2.22. The molecule has 0 aliphatic rings. The number of hydrogen-bond acceptors (Lipinski definition) is 3. The van der Waals surface area contributed by atoms with Crippen LogP contribution < -0.4 is 5.32 Å². The number of rotatable bonds is 9. The Balaban J connectivity index is 2.25. The molecule has 2 N–H and O–H groups in total. The molecule has 0 heterocycles. The molecule has 0 spiro atoms. The van der Waals surface area contributed by atoms with Crippen LogP contribution in [-0.4, -0.2) is 50.7 Å². The van der Waals surface area contributed by atoms with Crippen LogP contribution in [0.4, 0.5) is 0 Å². The van der Waals surface area contributed by atoms with E-state index < -0.39 is 10.0 Å². The van der Waals surface area contributed by atoms with Crippen molar-refractivity contribution in [2.75, 3.05) is 27.2 Å². The Bertz CT molecular complexity index is 893. The van der Waals surface area contributed by atoms with Crippen LogP contribution in [0, 0.1) is 0 Å². The van der Waals surface area contributed by atoms with Gasteiger partial charge in [-0.3, -0.25) is 4.79 Å². The van der Waals surface area contributed by atoms with Crippen molar-refractivity contribution in [3.63, 3.8) is 0 Å². The van der Waals surface area contributed by atoms with Gasteiger partial charge in [0, 0.05) is 38.3 Å². The smallest absolute Gasteiger partial charge is 0.285 e. The van der Waals surface area contributed by atoms with Gasteiger partial charge in [0.1, 0.15) is 6.04 Å². The molecule has 0 saturated carbocycles. The van der Waals surface area contributed by atoms with Crippen molar-refractivity contribution in [3.8, 4) is 0 Å². The Morgan fingerprint density at radius 2 is 1.48 bits per heavy atom. The second-order valence-corrected chi connectivity index (χ2v) is 9.20. The van der Waals surface area contributed by atoms with Crippen LogP contribution in [0.5, 0.6) is 0 Å². The molecule has 0 saturated heterocycles. The summed E-state index contributed by atoms with van der Waals surface area (Å²) in [5.74, 6) is 0.0174. The van der Waals surface area contributed by atoms with E-state index in [2.05, 4.69) is 0 Å². The van der Waals surface area contributed by atoms with Gasteiger partial charge in [-0.05, 0) is 19.1 Å². The molecule has 0 radical (unpaired) electrons. The Morgan fingerprint density at radius 1 is 0.931 bits per heavy atom. The van der Waals surface area contributed by atoms with Gasteiger partial charge >= 0.3 is 0 Å². The second-order valence-electron chi connectivity index (χ2n) is 7.26. The zero-order valence-electron chi connectivity index (χ0n) is 17.9. The number of hydrogen-bond donors (Lipinski definition) is 1. The molecule has 0 unspecified atom stereocenters. The fourth-order valence-electron chi connectivity index (χ4n) is 3.33. The quantitative estimate of drug-likeness (QED) is 0.678. The molecule has 1 amide bonds. The number of quaternary nitrogens is 1. The van der Waals surface area contributed by atoms with E-state index in [0.29, 0.717) is 18.0 Å². The summed E-state index contributed by atoms with van der Waals surface area (Å²) < 4.78 is 26.8. The average Bonchev–Trinajstić information content (AvgIpc) is 2.72. The minimum absolute atomic E-state index is 0.0174. The standard InChI is InChI=1S/C22H31N3O3S/c1-6-25(7-2)29(27,28)20-15-13-18(14-16-20)17(3)23-21(22(26)24(4)5)19-11-9-8-10-12-19/h8-17,21,23H,6-7H2,1-5H3/p+1/t17-,21-/m0/s1. The molecule has 7 heteroatoms. The summed E-state index contributed by atoms with van der Waals surface area (Å²) >= 11 is 0. The van der Waals surface area contributed by atoms with E-state index in [9.17, 15) is 13.2 Å². The summed E-state index contributed by atoms with van der Waals surface area (Å²) in [5, 5.41) is 2.02. The van der Waals surface area contributed by atoms with E-state index >= 15 is 0 Å². The number of benzene rings is 2. The summed E-state index contributed by atoms with van der Waals surface area (Å²) in [6.45, 7) is 6.56. The third-order valence-corrected chi connectivity index (χ3v) is 7.16. The van der Waals surface area contributed by atoms with Crippen LogP contribution in [0.25, 0.3) is 0 Å². The van der Waals surface area contributed by atoms with Gasteiger partial charge in [0.05, 0.1) is 4.90 Å². The molecule has 0 aliphatic carbocycles. The zero-order valence-corrected chi connectivity index (χ0v) is 18.7. The first-order valence-corrected chi connectivity index (χ1v) is 11.4. The largest absolute Gasteiger partial charge is 0.343 e. The number of carbonyl (C=O) groups is 1. The number of likely N-dealkylation sites (N-methyl/N-ethyl adjacent to an activating group) is 1. The zero-order chi connectivity index (χ0) is 21.6. The Kier molecular flexibility index (Phi) is 7.96. The van der Waals surface area contributed by atoms with Crippen molar-refractivity contribution >= 4 is 15.9 Å². The van der Waals surface area contributed by atoms with E-state index in [1.165, 1.54) is 4.31 Å². The van der Waals surface area contributed by atoms with E-state index in [0.717, 1.165) is 11.1 Å². The summed E-state index contributed by atoms with van der Waals surface area (Å²) in [5.41, 5.74) is 1.91.